The number of hydrogen-bond acceptors (Lipinski definition) is 1. The Hall–Kier alpha value is 0.180. The zero-order valence-electron chi connectivity index (χ0n) is 6.48. The van der Waals surface area contributed by atoms with Crippen molar-refractivity contribution < 1.29 is 4.39 Å². The SMILES string of the molecule is CCC1(C)CC(F)CN1.Cl. The quantitative estimate of drug-likeness (QED) is 0.629. The summed E-state index contributed by atoms with van der Waals surface area (Å²) in [7, 11) is 0. The van der Waals surface area contributed by atoms with Crippen molar-refractivity contribution in [3.63, 3.8) is 0 Å². The van der Waals surface area contributed by atoms with Gasteiger partial charge in [-0.2, -0.15) is 0 Å². The molecule has 3 heteroatoms. The van der Waals surface area contributed by atoms with Gasteiger partial charge in [-0.3, -0.25) is 0 Å². The van der Waals surface area contributed by atoms with E-state index in [2.05, 4.69) is 19.2 Å². The molecule has 0 radical (unpaired) electrons. The number of alkyl halides is 1. The number of hydrogen-bond donors (Lipinski definition) is 1. The molecule has 0 aromatic heterocycles. The number of rotatable bonds is 1. The van der Waals surface area contributed by atoms with Gasteiger partial charge in [0.25, 0.3) is 0 Å². The van der Waals surface area contributed by atoms with Gasteiger partial charge in [0.05, 0.1) is 0 Å². The molecule has 0 aromatic rings. The summed E-state index contributed by atoms with van der Waals surface area (Å²) in [5.74, 6) is 0. The molecule has 10 heavy (non-hydrogen) atoms. The third-order valence-electron chi connectivity index (χ3n) is 2.20. The van der Waals surface area contributed by atoms with Crippen LogP contribution in [0.15, 0.2) is 0 Å². The first-order valence-corrected chi connectivity index (χ1v) is 3.55. The summed E-state index contributed by atoms with van der Waals surface area (Å²) in [5, 5.41) is 3.16. The molecule has 0 aromatic carbocycles. The van der Waals surface area contributed by atoms with E-state index in [9.17, 15) is 4.39 Å². The van der Waals surface area contributed by atoms with E-state index in [1.807, 2.05) is 0 Å². The summed E-state index contributed by atoms with van der Waals surface area (Å²) in [6.45, 7) is 4.71. The van der Waals surface area contributed by atoms with E-state index >= 15 is 0 Å². The molecular weight excluding hydrogens is 153 g/mol. The van der Waals surface area contributed by atoms with E-state index in [0.717, 1.165) is 6.42 Å². The minimum Gasteiger partial charge on any atom is -0.309 e. The van der Waals surface area contributed by atoms with E-state index in [1.54, 1.807) is 0 Å². The molecular formula is C7H15ClFN. The summed E-state index contributed by atoms with van der Waals surface area (Å²) in [5.41, 5.74) is 0.0828. The highest BCUT2D eigenvalue weighted by Gasteiger charge is 2.32. The van der Waals surface area contributed by atoms with E-state index in [4.69, 9.17) is 0 Å². The maximum absolute atomic E-state index is 12.5. The molecule has 62 valence electrons. The summed E-state index contributed by atoms with van der Waals surface area (Å²) >= 11 is 0. The van der Waals surface area contributed by atoms with Gasteiger partial charge in [-0.1, -0.05) is 6.92 Å². The molecule has 0 bridgehead atoms. The van der Waals surface area contributed by atoms with Crippen LogP contribution in [0.2, 0.25) is 0 Å². The molecule has 1 heterocycles. The minimum atomic E-state index is -0.616. The smallest absolute Gasteiger partial charge is 0.114 e. The van der Waals surface area contributed by atoms with Gasteiger partial charge in [0, 0.05) is 12.1 Å². The Kier molecular flexibility index (Phi) is 3.60. The van der Waals surface area contributed by atoms with Crippen LogP contribution < -0.4 is 5.32 Å². The Bertz CT molecular complexity index is 110. The van der Waals surface area contributed by atoms with Gasteiger partial charge in [0.1, 0.15) is 6.17 Å². The molecule has 2 atom stereocenters. The molecule has 0 saturated carbocycles. The highest BCUT2D eigenvalue weighted by molar-refractivity contribution is 5.85. The van der Waals surface area contributed by atoms with Gasteiger partial charge < -0.3 is 5.32 Å². The van der Waals surface area contributed by atoms with Crippen LogP contribution in [0.1, 0.15) is 26.7 Å². The molecule has 1 fully saturated rings. The van der Waals surface area contributed by atoms with Gasteiger partial charge in [-0.25, -0.2) is 4.39 Å². The maximum atomic E-state index is 12.5. The molecule has 1 aliphatic heterocycles. The molecule has 1 nitrogen and oxygen atoms in total. The predicted octanol–water partition coefficient (Wildman–Crippen LogP) is 1.91. The Labute approximate surface area is 67.8 Å². The summed E-state index contributed by atoms with van der Waals surface area (Å²) < 4.78 is 12.5. The third-order valence-corrected chi connectivity index (χ3v) is 2.20. The zero-order chi connectivity index (χ0) is 6.91. The lowest BCUT2D eigenvalue weighted by Gasteiger charge is -2.20. The first-order chi connectivity index (χ1) is 4.16. The second-order valence-corrected chi connectivity index (χ2v) is 3.10. The Morgan fingerprint density at radius 1 is 1.70 bits per heavy atom. The molecule has 2 unspecified atom stereocenters. The van der Waals surface area contributed by atoms with Crippen LogP contribution in [0.4, 0.5) is 4.39 Å². The van der Waals surface area contributed by atoms with Crippen molar-refractivity contribution >= 4 is 12.4 Å². The molecule has 1 rings (SSSR count). The average molecular weight is 168 g/mol. The lowest BCUT2D eigenvalue weighted by Crippen LogP contribution is -2.34. The van der Waals surface area contributed by atoms with Crippen molar-refractivity contribution in [1.29, 1.82) is 0 Å². The largest absolute Gasteiger partial charge is 0.309 e. The lowest BCUT2D eigenvalue weighted by atomic mass is 9.97. The van der Waals surface area contributed by atoms with Crippen LogP contribution in [-0.4, -0.2) is 18.3 Å². The van der Waals surface area contributed by atoms with Gasteiger partial charge in [-0.05, 0) is 19.8 Å². The van der Waals surface area contributed by atoms with Gasteiger partial charge in [-0.15, -0.1) is 12.4 Å². The molecule has 1 N–H and O–H groups in total. The van der Waals surface area contributed by atoms with Crippen LogP contribution >= 0.6 is 12.4 Å². The number of nitrogens with one attached hydrogen (secondary N) is 1. The predicted molar refractivity (Wildman–Crippen MR) is 43.5 cm³/mol. The fourth-order valence-electron chi connectivity index (χ4n) is 1.26. The topological polar surface area (TPSA) is 12.0 Å². The molecule has 1 saturated heterocycles. The van der Waals surface area contributed by atoms with Gasteiger partial charge >= 0.3 is 0 Å². The van der Waals surface area contributed by atoms with Crippen LogP contribution in [0, 0.1) is 0 Å². The summed E-state index contributed by atoms with van der Waals surface area (Å²) in [6.07, 6.45) is 1.09. The fraction of sp³-hybridized carbons (Fsp3) is 1.00. The minimum absolute atomic E-state index is 0. The van der Waals surface area contributed by atoms with Gasteiger partial charge in [0.15, 0.2) is 0 Å². The lowest BCUT2D eigenvalue weighted by molar-refractivity contribution is 0.326. The highest BCUT2D eigenvalue weighted by Crippen LogP contribution is 2.23. The van der Waals surface area contributed by atoms with Crippen LogP contribution in [0.5, 0.6) is 0 Å². The molecule has 1 aliphatic rings. The Balaban J connectivity index is 0.000000810. The molecule has 0 amide bonds. The summed E-state index contributed by atoms with van der Waals surface area (Å²) in [4.78, 5) is 0. The summed E-state index contributed by atoms with van der Waals surface area (Å²) in [6, 6.07) is 0. The first-order valence-electron chi connectivity index (χ1n) is 3.55. The van der Waals surface area contributed by atoms with Gasteiger partial charge in [0.2, 0.25) is 0 Å². The third kappa shape index (κ3) is 2.10. The van der Waals surface area contributed by atoms with Crippen LogP contribution in [0.25, 0.3) is 0 Å². The molecule has 0 spiro atoms. The van der Waals surface area contributed by atoms with E-state index in [-0.39, 0.29) is 17.9 Å². The van der Waals surface area contributed by atoms with Crippen LogP contribution in [-0.2, 0) is 0 Å². The Morgan fingerprint density at radius 2 is 2.30 bits per heavy atom. The van der Waals surface area contributed by atoms with Crippen molar-refractivity contribution in [3.05, 3.63) is 0 Å². The van der Waals surface area contributed by atoms with Crippen molar-refractivity contribution in [1.82, 2.24) is 5.32 Å². The Morgan fingerprint density at radius 3 is 2.50 bits per heavy atom. The second kappa shape index (κ2) is 3.54. The fourth-order valence-corrected chi connectivity index (χ4v) is 1.26. The van der Waals surface area contributed by atoms with Crippen LogP contribution in [0.3, 0.4) is 0 Å². The van der Waals surface area contributed by atoms with Crippen molar-refractivity contribution in [2.75, 3.05) is 6.54 Å². The van der Waals surface area contributed by atoms with E-state index < -0.39 is 6.17 Å². The average Bonchev–Trinajstić information content (AvgIpc) is 2.13. The van der Waals surface area contributed by atoms with E-state index in [1.165, 1.54) is 0 Å². The van der Waals surface area contributed by atoms with Crippen molar-refractivity contribution in [3.8, 4) is 0 Å². The first kappa shape index (κ1) is 10.2. The zero-order valence-corrected chi connectivity index (χ0v) is 7.30. The monoisotopic (exact) mass is 167 g/mol. The number of halogens is 2. The normalized spacial score (nSPS) is 39.3. The van der Waals surface area contributed by atoms with Crippen molar-refractivity contribution in [2.45, 2.75) is 38.4 Å². The maximum Gasteiger partial charge on any atom is 0.114 e. The second-order valence-electron chi connectivity index (χ2n) is 3.10. The molecule has 0 aliphatic carbocycles. The standard InChI is InChI=1S/C7H14FN.ClH/c1-3-7(2)4-6(8)5-9-7;/h6,9H,3-5H2,1-2H3;1H. The van der Waals surface area contributed by atoms with E-state index in [0.29, 0.717) is 13.0 Å². The van der Waals surface area contributed by atoms with Crippen molar-refractivity contribution in [2.24, 2.45) is 0 Å². The highest BCUT2D eigenvalue weighted by atomic mass is 35.5.